The lowest BCUT2D eigenvalue weighted by molar-refractivity contribution is -0.116. The number of aryl methyl sites for hydroxylation is 2. The van der Waals surface area contributed by atoms with Crippen molar-refractivity contribution >= 4 is 23.4 Å². The number of halogens is 1. The Balaban J connectivity index is 1.26. The van der Waals surface area contributed by atoms with Gasteiger partial charge in [-0.2, -0.15) is 9.97 Å². The molecule has 30 heavy (non-hydrogen) atoms. The first kappa shape index (κ1) is 19.8. The lowest BCUT2D eigenvalue weighted by Gasteiger charge is -2.07. The predicted octanol–water partition coefficient (Wildman–Crippen LogP) is 3.76. The molecule has 0 radical (unpaired) electrons. The summed E-state index contributed by atoms with van der Waals surface area (Å²) in [4.78, 5) is 20.7. The van der Waals surface area contributed by atoms with Crippen LogP contribution in [-0.2, 0) is 17.0 Å². The van der Waals surface area contributed by atoms with Gasteiger partial charge in [0.2, 0.25) is 17.0 Å². The molecule has 0 spiro atoms. The van der Waals surface area contributed by atoms with Gasteiger partial charge in [-0.15, -0.1) is 5.10 Å². The Morgan fingerprint density at radius 1 is 1.30 bits per heavy atom. The van der Waals surface area contributed by atoms with Gasteiger partial charge in [0.1, 0.15) is 5.82 Å². The quantitative estimate of drug-likeness (QED) is 0.407. The first-order valence-electron chi connectivity index (χ1n) is 9.03. The van der Waals surface area contributed by atoms with Crippen molar-refractivity contribution in [3.8, 4) is 11.6 Å². The number of hydrogen-bond acceptors (Lipinski definition) is 8. The minimum atomic E-state index is -0.405. The monoisotopic (exact) mass is 428 g/mol. The smallest absolute Gasteiger partial charge is 0.227 e. The van der Waals surface area contributed by atoms with Crippen LogP contribution in [0.1, 0.15) is 23.7 Å². The summed E-state index contributed by atoms with van der Waals surface area (Å²) in [5.74, 6) is 1.71. The fourth-order valence-corrected chi connectivity index (χ4v) is 3.22. The van der Waals surface area contributed by atoms with Crippen LogP contribution in [0.15, 0.2) is 50.7 Å². The van der Waals surface area contributed by atoms with E-state index in [1.165, 1.54) is 23.9 Å². The van der Waals surface area contributed by atoms with Gasteiger partial charge in [-0.1, -0.05) is 23.0 Å². The number of nitrogens with zero attached hydrogens (tertiary/aromatic N) is 4. The van der Waals surface area contributed by atoms with Gasteiger partial charge in [0.05, 0.1) is 12.0 Å². The Morgan fingerprint density at radius 3 is 3.03 bits per heavy atom. The number of nitrogens with one attached hydrogen (secondary N) is 2. The third-order valence-electron chi connectivity index (χ3n) is 4.10. The van der Waals surface area contributed by atoms with Crippen molar-refractivity contribution in [1.29, 1.82) is 0 Å². The normalized spacial score (nSPS) is 11.0. The maximum atomic E-state index is 13.3. The van der Waals surface area contributed by atoms with E-state index in [-0.39, 0.29) is 18.7 Å². The number of carbonyl (C=O) groups excluding carboxylic acids is 1. The molecule has 9 nitrogen and oxygen atoms in total. The minimum Gasteiger partial charge on any atom is -0.461 e. The Hall–Kier alpha value is -3.47. The van der Waals surface area contributed by atoms with Gasteiger partial charge < -0.3 is 14.3 Å². The SMILES string of the molecule is Cc1ccc(F)cc1NC(=O)CCc1nc(CSc2n[nH]c(-c3ccco3)n2)no1. The Bertz CT molecular complexity index is 1140. The summed E-state index contributed by atoms with van der Waals surface area (Å²) in [5, 5.41) is 14.0. The van der Waals surface area contributed by atoms with Gasteiger partial charge in [0, 0.05) is 18.5 Å². The van der Waals surface area contributed by atoms with Gasteiger partial charge >= 0.3 is 0 Å². The second-order valence-electron chi connectivity index (χ2n) is 6.34. The summed E-state index contributed by atoms with van der Waals surface area (Å²) < 4.78 is 23.8. The molecule has 3 heterocycles. The van der Waals surface area contributed by atoms with Crippen LogP contribution >= 0.6 is 11.8 Å². The number of hydrogen-bond donors (Lipinski definition) is 2. The molecule has 0 atom stereocenters. The Morgan fingerprint density at radius 2 is 2.20 bits per heavy atom. The third kappa shape index (κ3) is 4.92. The van der Waals surface area contributed by atoms with E-state index >= 15 is 0 Å². The highest BCUT2D eigenvalue weighted by atomic mass is 32.2. The summed E-state index contributed by atoms with van der Waals surface area (Å²) in [6.45, 7) is 1.79. The molecule has 1 amide bonds. The first-order valence-corrected chi connectivity index (χ1v) is 10.0. The number of furan rings is 1. The molecule has 0 aliphatic carbocycles. The standard InChI is InChI=1S/C19H17FN6O3S/c1-11-4-5-12(20)9-13(11)21-16(27)6-7-17-22-15(26-29-17)10-30-19-23-18(24-25-19)14-3-2-8-28-14/h2-5,8-9H,6-7,10H2,1H3,(H,21,27)(H,23,24,25). The number of H-pyrrole nitrogens is 1. The van der Waals surface area contributed by atoms with E-state index < -0.39 is 5.82 Å². The molecule has 1 aromatic carbocycles. The molecule has 11 heteroatoms. The van der Waals surface area contributed by atoms with E-state index in [0.717, 1.165) is 5.56 Å². The molecule has 0 aliphatic heterocycles. The summed E-state index contributed by atoms with van der Waals surface area (Å²) in [6, 6.07) is 7.80. The van der Waals surface area contributed by atoms with Crippen molar-refractivity contribution in [2.24, 2.45) is 0 Å². The van der Waals surface area contributed by atoms with Crippen molar-refractivity contribution in [3.63, 3.8) is 0 Å². The fourth-order valence-electron chi connectivity index (χ4n) is 2.58. The van der Waals surface area contributed by atoms with E-state index in [1.54, 1.807) is 31.4 Å². The second-order valence-corrected chi connectivity index (χ2v) is 7.29. The molecule has 0 saturated heterocycles. The number of aromatic nitrogens is 5. The van der Waals surface area contributed by atoms with Crippen LogP contribution < -0.4 is 5.32 Å². The Kier molecular flexibility index (Phi) is 5.89. The molecule has 0 fully saturated rings. The number of aromatic amines is 1. The zero-order valence-electron chi connectivity index (χ0n) is 15.9. The molecule has 4 aromatic rings. The number of carbonyl (C=O) groups is 1. The molecule has 2 N–H and O–H groups in total. The number of rotatable bonds is 8. The average Bonchev–Trinajstić information content (AvgIpc) is 3.49. The van der Waals surface area contributed by atoms with Crippen LogP contribution in [-0.4, -0.2) is 31.2 Å². The second kappa shape index (κ2) is 8.91. The minimum absolute atomic E-state index is 0.137. The van der Waals surface area contributed by atoms with Crippen molar-refractivity contribution in [3.05, 3.63) is 59.7 Å². The summed E-state index contributed by atoms with van der Waals surface area (Å²) >= 11 is 1.34. The highest BCUT2D eigenvalue weighted by Crippen LogP contribution is 2.22. The van der Waals surface area contributed by atoms with E-state index in [2.05, 4.69) is 30.6 Å². The first-order chi connectivity index (χ1) is 14.6. The van der Waals surface area contributed by atoms with Crippen molar-refractivity contribution in [2.45, 2.75) is 30.7 Å². The Labute approximate surface area is 174 Å². The summed E-state index contributed by atoms with van der Waals surface area (Å²) in [7, 11) is 0. The molecule has 154 valence electrons. The summed E-state index contributed by atoms with van der Waals surface area (Å²) in [5.41, 5.74) is 1.23. The van der Waals surface area contributed by atoms with Crippen LogP contribution in [0.3, 0.4) is 0 Å². The van der Waals surface area contributed by atoms with Gasteiger partial charge in [0.25, 0.3) is 0 Å². The van der Waals surface area contributed by atoms with Crippen LogP contribution in [0.2, 0.25) is 0 Å². The lowest BCUT2D eigenvalue weighted by Crippen LogP contribution is -2.13. The predicted molar refractivity (Wildman–Crippen MR) is 106 cm³/mol. The van der Waals surface area contributed by atoms with E-state index in [1.807, 2.05) is 0 Å². The van der Waals surface area contributed by atoms with Crippen LogP contribution in [0.4, 0.5) is 10.1 Å². The van der Waals surface area contributed by atoms with E-state index in [4.69, 9.17) is 8.94 Å². The average molecular weight is 428 g/mol. The van der Waals surface area contributed by atoms with Gasteiger partial charge in [-0.05, 0) is 36.8 Å². The molecule has 0 unspecified atom stereocenters. The molecule has 0 saturated carbocycles. The van der Waals surface area contributed by atoms with Crippen LogP contribution in [0, 0.1) is 12.7 Å². The number of benzene rings is 1. The van der Waals surface area contributed by atoms with Crippen LogP contribution in [0.25, 0.3) is 11.6 Å². The zero-order chi connectivity index (χ0) is 20.9. The highest BCUT2D eigenvalue weighted by molar-refractivity contribution is 7.98. The topological polar surface area (TPSA) is 123 Å². The lowest BCUT2D eigenvalue weighted by atomic mass is 10.2. The third-order valence-corrected chi connectivity index (χ3v) is 4.94. The molecule has 0 aliphatic rings. The van der Waals surface area contributed by atoms with E-state index in [0.29, 0.717) is 39.9 Å². The highest BCUT2D eigenvalue weighted by Gasteiger charge is 2.13. The maximum absolute atomic E-state index is 13.3. The van der Waals surface area contributed by atoms with Crippen LogP contribution in [0.5, 0.6) is 0 Å². The van der Waals surface area contributed by atoms with Crippen molar-refractivity contribution in [2.75, 3.05) is 5.32 Å². The molecule has 0 bridgehead atoms. The maximum Gasteiger partial charge on any atom is 0.227 e. The number of thioether (sulfide) groups is 1. The fraction of sp³-hybridized carbons (Fsp3) is 0.211. The van der Waals surface area contributed by atoms with Gasteiger partial charge in [0.15, 0.2) is 17.4 Å². The number of amides is 1. The van der Waals surface area contributed by atoms with Gasteiger partial charge in [-0.3, -0.25) is 9.89 Å². The molecule has 3 aromatic heterocycles. The van der Waals surface area contributed by atoms with Crippen molar-refractivity contribution in [1.82, 2.24) is 25.3 Å². The molecular weight excluding hydrogens is 411 g/mol. The molecular formula is C19H17FN6O3S. The zero-order valence-corrected chi connectivity index (χ0v) is 16.7. The number of anilines is 1. The summed E-state index contributed by atoms with van der Waals surface area (Å²) in [6.07, 6.45) is 1.98. The van der Waals surface area contributed by atoms with Crippen molar-refractivity contribution < 1.29 is 18.1 Å². The molecule has 4 rings (SSSR count). The van der Waals surface area contributed by atoms with Gasteiger partial charge in [-0.25, -0.2) is 4.39 Å². The van der Waals surface area contributed by atoms with E-state index in [9.17, 15) is 9.18 Å². The largest absolute Gasteiger partial charge is 0.461 e.